The lowest BCUT2D eigenvalue weighted by Gasteiger charge is -2.23. The Hall–Kier alpha value is -0.520. The molecule has 0 spiro atoms. The second-order valence-corrected chi connectivity index (χ2v) is 4.27. The molecule has 17 heavy (non-hydrogen) atoms. The van der Waals surface area contributed by atoms with Crippen LogP contribution in [0.2, 0.25) is 0 Å². The SMILES string of the molecule is C.CC.CC.CC1=CC=C(C2CCCCC2)C1. The van der Waals surface area contributed by atoms with Crippen LogP contribution in [-0.2, 0) is 0 Å². The average Bonchev–Trinajstić information content (AvgIpc) is 2.82. The molecule has 0 aromatic heterocycles. The Morgan fingerprint density at radius 1 is 0.882 bits per heavy atom. The molecule has 0 saturated heterocycles. The molecule has 0 aromatic carbocycles. The van der Waals surface area contributed by atoms with E-state index in [1.165, 1.54) is 38.5 Å². The molecular formula is C17H34. The monoisotopic (exact) mass is 238 g/mol. The van der Waals surface area contributed by atoms with Gasteiger partial charge in [0.05, 0.1) is 0 Å². The van der Waals surface area contributed by atoms with Crippen LogP contribution in [0, 0.1) is 5.92 Å². The molecule has 102 valence electrons. The summed E-state index contributed by atoms with van der Waals surface area (Å²) in [4.78, 5) is 0. The zero-order chi connectivity index (χ0) is 12.4. The lowest BCUT2D eigenvalue weighted by atomic mass is 9.83. The van der Waals surface area contributed by atoms with Crippen molar-refractivity contribution in [3.8, 4) is 0 Å². The Bertz CT molecular complexity index is 214. The van der Waals surface area contributed by atoms with Crippen molar-refractivity contribution in [2.24, 2.45) is 5.92 Å². The van der Waals surface area contributed by atoms with Gasteiger partial charge in [-0.2, -0.15) is 0 Å². The van der Waals surface area contributed by atoms with Gasteiger partial charge in [-0.1, -0.05) is 77.7 Å². The molecule has 1 fully saturated rings. The highest BCUT2D eigenvalue weighted by molar-refractivity contribution is 5.30. The van der Waals surface area contributed by atoms with E-state index in [2.05, 4.69) is 19.1 Å². The van der Waals surface area contributed by atoms with E-state index in [0.29, 0.717) is 0 Å². The van der Waals surface area contributed by atoms with Gasteiger partial charge in [0.2, 0.25) is 0 Å². The number of rotatable bonds is 1. The first kappa shape index (κ1) is 18.8. The maximum Gasteiger partial charge on any atom is -0.0102 e. The minimum Gasteiger partial charge on any atom is -0.0776 e. The van der Waals surface area contributed by atoms with Crippen LogP contribution in [0.15, 0.2) is 23.3 Å². The van der Waals surface area contributed by atoms with Gasteiger partial charge in [-0.3, -0.25) is 0 Å². The molecule has 2 aliphatic rings. The minimum absolute atomic E-state index is 0. The van der Waals surface area contributed by atoms with Crippen LogP contribution in [0.1, 0.15) is 80.6 Å². The van der Waals surface area contributed by atoms with Crippen molar-refractivity contribution in [1.82, 2.24) is 0 Å². The Balaban J connectivity index is 0. The van der Waals surface area contributed by atoms with Crippen LogP contribution in [-0.4, -0.2) is 0 Å². The highest BCUT2D eigenvalue weighted by atomic mass is 14.2. The van der Waals surface area contributed by atoms with Crippen molar-refractivity contribution in [3.63, 3.8) is 0 Å². The van der Waals surface area contributed by atoms with Gasteiger partial charge in [0.25, 0.3) is 0 Å². The molecule has 2 rings (SSSR count). The lowest BCUT2D eigenvalue weighted by molar-refractivity contribution is 0.399. The largest absolute Gasteiger partial charge is 0.0776 e. The Labute approximate surface area is 110 Å². The zero-order valence-corrected chi connectivity index (χ0v) is 12.0. The molecule has 0 nitrogen and oxygen atoms in total. The van der Waals surface area contributed by atoms with Gasteiger partial charge >= 0.3 is 0 Å². The molecule has 0 radical (unpaired) electrons. The van der Waals surface area contributed by atoms with E-state index in [9.17, 15) is 0 Å². The van der Waals surface area contributed by atoms with Crippen molar-refractivity contribution in [2.75, 3.05) is 0 Å². The van der Waals surface area contributed by atoms with Crippen LogP contribution >= 0.6 is 0 Å². The standard InChI is InChI=1S/C12H18.2C2H6.CH4/c1-10-7-8-12(9-10)11-5-3-2-4-6-11;2*1-2;/h7-8,11H,2-6,9H2,1H3;2*1-2H3;1H4. The van der Waals surface area contributed by atoms with Crippen molar-refractivity contribution in [2.45, 2.75) is 80.6 Å². The molecular weight excluding hydrogens is 204 g/mol. The predicted octanol–water partition coefficient (Wildman–Crippen LogP) is 6.53. The van der Waals surface area contributed by atoms with Crippen molar-refractivity contribution < 1.29 is 0 Å². The van der Waals surface area contributed by atoms with E-state index in [1.807, 2.05) is 27.7 Å². The van der Waals surface area contributed by atoms with Gasteiger partial charge in [-0.15, -0.1) is 0 Å². The fourth-order valence-corrected chi connectivity index (χ4v) is 2.44. The van der Waals surface area contributed by atoms with Crippen molar-refractivity contribution in [3.05, 3.63) is 23.3 Å². The third kappa shape index (κ3) is 6.71. The Morgan fingerprint density at radius 2 is 1.41 bits per heavy atom. The normalized spacial score (nSPS) is 18.6. The zero-order valence-electron chi connectivity index (χ0n) is 12.0. The number of hydrogen-bond acceptors (Lipinski definition) is 0. The molecule has 1 saturated carbocycles. The van der Waals surface area contributed by atoms with E-state index >= 15 is 0 Å². The fraction of sp³-hybridized carbons (Fsp3) is 0.765. The first-order valence-electron chi connectivity index (χ1n) is 7.22. The highest BCUT2D eigenvalue weighted by Crippen LogP contribution is 2.35. The van der Waals surface area contributed by atoms with Gasteiger partial charge in [-0.05, 0) is 32.1 Å². The van der Waals surface area contributed by atoms with Crippen LogP contribution in [0.25, 0.3) is 0 Å². The summed E-state index contributed by atoms with van der Waals surface area (Å²) in [5, 5.41) is 0. The third-order valence-electron chi connectivity index (χ3n) is 3.19. The Morgan fingerprint density at radius 3 is 1.82 bits per heavy atom. The molecule has 0 amide bonds. The summed E-state index contributed by atoms with van der Waals surface area (Å²) >= 11 is 0. The quantitative estimate of drug-likeness (QED) is 0.487. The molecule has 0 heterocycles. The summed E-state index contributed by atoms with van der Waals surface area (Å²) in [5.74, 6) is 0.937. The smallest absolute Gasteiger partial charge is 0.0102 e. The van der Waals surface area contributed by atoms with E-state index < -0.39 is 0 Å². The predicted molar refractivity (Wildman–Crippen MR) is 82.5 cm³/mol. The molecule has 0 bridgehead atoms. The van der Waals surface area contributed by atoms with Crippen LogP contribution in [0.5, 0.6) is 0 Å². The lowest BCUT2D eigenvalue weighted by Crippen LogP contribution is -2.08. The van der Waals surface area contributed by atoms with E-state index in [0.717, 1.165) is 5.92 Å². The average molecular weight is 238 g/mol. The number of allylic oxidation sites excluding steroid dienone is 4. The van der Waals surface area contributed by atoms with Crippen LogP contribution < -0.4 is 0 Å². The second kappa shape index (κ2) is 12.0. The van der Waals surface area contributed by atoms with Gasteiger partial charge in [0, 0.05) is 0 Å². The molecule has 0 unspecified atom stereocenters. The first-order chi connectivity index (χ1) is 7.86. The van der Waals surface area contributed by atoms with Gasteiger partial charge in [0.1, 0.15) is 0 Å². The van der Waals surface area contributed by atoms with Crippen molar-refractivity contribution in [1.29, 1.82) is 0 Å². The minimum atomic E-state index is 0. The van der Waals surface area contributed by atoms with Gasteiger partial charge in [0.15, 0.2) is 0 Å². The summed E-state index contributed by atoms with van der Waals surface area (Å²) in [6.45, 7) is 10.2. The highest BCUT2D eigenvalue weighted by Gasteiger charge is 2.19. The van der Waals surface area contributed by atoms with Crippen molar-refractivity contribution >= 4 is 0 Å². The molecule has 2 aliphatic carbocycles. The fourth-order valence-electron chi connectivity index (χ4n) is 2.44. The van der Waals surface area contributed by atoms with Gasteiger partial charge < -0.3 is 0 Å². The molecule has 0 aromatic rings. The summed E-state index contributed by atoms with van der Waals surface area (Å²) in [6, 6.07) is 0. The summed E-state index contributed by atoms with van der Waals surface area (Å²) in [5.41, 5.74) is 3.27. The molecule has 0 aliphatic heterocycles. The maximum absolute atomic E-state index is 2.37. The molecule has 0 atom stereocenters. The molecule has 0 N–H and O–H groups in total. The van der Waals surface area contributed by atoms with Crippen LogP contribution in [0.3, 0.4) is 0 Å². The number of hydrogen-bond donors (Lipinski definition) is 0. The summed E-state index contributed by atoms with van der Waals surface area (Å²) < 4.78 is 0. The summed E-state index contributed by atoms with van der Waals surface area (Å²) in [6.07, 6.45) is 13.2. The Kier molecular flexibility index (Phi) is 13.2. The van der Waals surface area contributed by atoms with Crippen LogP contribution in [0.4, 0.5) is 0 Å². The maximum atomic E-state index is 2.37. The first-order valence-corrected chi connectivity index (χ1v) is 7.22. The second-order valence-electron chi connectivity index (χ2n) is 4.27. The third-order valence-corrected chi connectivity index (χ3v) is 3.19. The van der Waals surface area contributed by atoms with E-state index in [4.69, 9.17) is 0 Å². The molecule has 0 heteroatoms. The van der Waals surface area contributed by atoms with E-state index in [-0.39, 0.29) is 7.43 Å². The topological polar surface area (TPSA) is 0 Å². The van der Waals surface area contributed by atoms with Gasteiger partial charge in [-0.25, -0.2) is 0 Å². The van der Waals surface area contributed by atoms with E-state index in [1.54, 1.807) is 11.1 Å². The summed E-state index contributed by atoms with van der Waals surface area (Å²) in [7, 11) is 0.